The van der Waals surface area contributed by atoms with Gasteiger partial charge < -0.3 is 41.0 Å². The van der Waals surface area contributed by atoms with E-state index in [0.29, 0.717) is 63.2 Å². The van der Waals surface area contributed by atoms with Crippen molar-refractivity contribution >= 4 is 101 Å². The van der Waals surface area contributed by atoms with Crippen LogP contribution in [0.15, 0.2) is 56.9 Å². The van der Waals surface area contributed by atoms with Gasteiger partial charge in [-0.2, -0.15) is 0 Å². The molecule has 4 amide bonds. The summed E-state index contributed by atoms with van der Waals surface area (Å²) >= 11 is 3.17. The van der Waals surface area contributed by atoms with E-state index in [1.165, 1.54) is 23.1 Å². The lowest BCUT2D eigenvalue weighted by atomic mass is 10.2. The van der Waals surface area contributed by atoms with Crippen molar-refractivity contribution < 1.29 is 56.9 Å². The lowest BCUT2D eigenvalue weighted by molar-refractivity contribution is -0.137. The Bertz CT molecular complexity index is 2270. The molecule has 22 heteroatoms. The third kappa shape index (κ3) is 17.0. The maximum absolute atomic E-state index is 12.3. The minimum absolute atomic E-state index is 0.102. The molecular formula is C38H46N6O12S4. The van der Waals surface area contributed by atoms with Crippen molar-refractivity contribution in [3.05, 3.63) is 59.9 Å². The number of ether oxygens (including phenoxy) is 2. The van der Waals surface area contributed by atoms with E-state index in [9.17, 15) is 37.2 Å². The Morgan fingerprint density at radius 2 is 1.07 bits per heavy atom. The largest absolute Gasteiger partial charge is 0.491 e. The number of carboxylic acid groups (broad SMARTS) is 2. The Labute approximate surface area is 358 Å². The molecule has 6 N–H and O–H groups in total. The third-order valence-electron chi connectivity index (χ3n) is 7.08. The average molecular weight is 907 g/mol. The minimum Gasteiger partial charge on any atom is -0.491 e. The van der Waals surface area contributed by atoms with Crippen LogP contribution >= 0.6 is 34.4 Å². The Morgan fingerprint density at radius 3 is 1.48 bits per heavy atom. The fourth-order valence-corrected chi connectivity index (χ4v) is 8.43. The summed E-state index contributed by atoms with van der Waals surface area (Å²) in [6.07, 6.45) is 0.931. The van der Waals surface area contributed by atoms with Crippen LogP contribution in [0.1, 0.15) is 51.9 Å². The highest BCUT2D eigenvalue weighted by molar-refractivity contribution is 8.00. The molecule has 0 atom stereocenters. The molecule has 0 saturated carbocycles. The van der Waals surface area contributed by atoms with E-state index in [-0.39, 0.29) is 32.5 Å². The molecule has 0 aliphatic carbocycles. The number of para-hydroxylation sites is 4. The monoisotopic (exact) mass is 906 g/mol. The number of amides is 4. The van der Waals surface area contributed by atoms with Crippen LogP contribution in [0.25, 0.3) is 0 Å². The predicted octanol–water partition coefficient (Wildman–Crippen LogP) is 5.67. The molecule has 0 aliphatic heterocycles. The smallest absolute Gasteiger partial charge is 0.309 e. The van der Waals surface area contributed by atoms with Crippen molar-refractivity contribution in [3.8, 4) is 11.5 Å². The van der Waals surface area contributed by atoms with Gasteiger partial charge in [0.1, 0.15) is 28.5 Å². The second-order valence-electron chi connectivity index (χ2n) is 13.6. The second-order valence-corrected chi connectivity index (χ2v) is 18.9. The number of carbonyl (C=O) groups excluding carboxylic acids is 4. The molecule has 4 rings (SSSR count). The van der Waals surface area contributed by atoms with Gasteiger partial charge in [0.2, 0.25) is 23.6 Å². The summed E-state index contributed by atoms with van der Waals surface area (Å²) in [5.41, 5.74) is 1.13. The van der Waals surface area contributed by atoms with Gasteiger partial charge in [-0.3, -0.25) is 28.8 Å². The SMILES string of the molecule is CC(C)COc1ccccc1NC(=O)CC(=O)Nc1nc(CC(=O)O)c(S(C)(=O)=O)s1.CSc1sc(NC(=O)CC(=O)Nc2ccccc2OCC(C)C)nc1CC(=O)O. The van der Waals surface area contributed by atoms with Gasteiger partial charge in [-0.05, 0) is 42.4 Å². The quantitative estimate of drug-likeness (QED) is 0.0461. The lowest BCUT2D eigenvalue weighted by Crippen LogP contribution is -2.22. The Kier molecular flexibility index (Phi) is 18.9. The molecule has 0 aliphatic rings. The molecule has 324 valence electrons. The zero-order valence-corrected chi connectivity index (χ0v) is 36.8. The maximum atomic E-state index is 12.3. The molecule has 2 aromatic heterocycles. The number of carbonyl (C=O) groups is 6. The first kappa shape index (κ1) is 48.8. The number of hydrogen-bond acceptors (Lipinski definition) is 15. The highest BCUT2D eigenvalue weighted by Crippen LogP contribution is 2.32. The van der Waals surface area contributed by atoms with Gasteiger partial charge in [0.05, 0.1) is 53.0 Å². The van der Waals surface area contributed by atoms with Crippen LogP contribution in [-0.2, 0) is 51.4 Å². The number of aliphatic carboxylic acids is 2. The molecule has 0 unspecified atom stereocenters. The summed E-state index contributed by atoms with van der Waals surface area (Å²) in [6.45, 7) is 8.98. The van der Waals surface area contributed by atoms with Crippen LogP contribution in [0.4, 0.5) is 21.6 Å². The number of rotatable bonds is 20. The van der Waals surface area contributed by atoms with E-state index in [4.69, 9.17) is 19.7 Å². The number of thioether (sulfide) groups is 1. The standard InChI is InChI=1S/C19H23N3O7S2.C19H23N3O5S2/c1-11(2)10-29-14-7-5-4-6-12(14)20-15(23)9-16(24)22-19-21-13(8-17(25)26)18(30-19)31(3,27)28;1-11(2)10-27-14-7-5-4-6-12(14)20-15(23)9-16(24)22-19-21-13(8-17(25)26)18(28-3)29-19/h4-7,11H,8-10H2,1-3H3,(H,20,23)(H,25,26)(H,21,22,24);4-7,11H,8-10H2,1-3H3,(H,20,23)(H,25,26)(H,21,22,24). The van der Waals surface area contributed by atoms with Gasteiger partial charge in [0.25, 0.3) is 0 Å². The van der Waals surface area contributed by atoms with Crippen molar-refractivity contribution in [2.24, 2.45) is 11.8 Å². The highest BCUT2D eigenvalue weighted by Gasteiger charge is 2.24. The molecule has 18 nitrogen and oxygen atoms in total. The molecule has 0 spiro atoms. The summed E-state index contributed by atoms with van der Waals surface area (Å²) in [7, 11) is -3.73. The third-order valence-corrected chi connectivity index (χ3v) is 12.1. The van der Waals surface area contributed by atoms with Gasteiger partial charge in [-0.25, -0.2) is 18.4 Å². The summed E-state index contributed by atoms with van der Waals surface area (Å²) < 4.78 is 35.5. The average Bonchev–Trinajstić information content (AvgIpc) is 3.72. The molecule has 2 heterocycles. The van der Waals surface area contributed by atoms with E-state index in [0.717, 1.165) is 6.26 Å². The van der Waals surface area contributed by atoms with Gasteiger partial charge in [0.15, 0.2) is 20.1 Å². The molecule has 0 fully saturated rings. The number of aromatic nitrogens is 2. The Balaban J connectivity index is 0.000000321. The number of carboxylic acids is 2. The number of nitrogens with zero attached hydrogens (tertiary/aromatic N) is 2. The van der Waals surface area contributed by atoms with E-state index in [2.05, 4.69) is 31.2 Å². The minimum atomic E-state index is -3.73. The number of thiazole rings is 2. The van der Waals surface area contributed by atoms with Crippen LogP contribution in [0.3, 0.4) is 0 Å². The van der Waals surface area contributed by atoms with Crippen molar-refractivity contribution in [3.63, 3.8) is 0 Å². The molecular weight excluding hydrogens is 861 g/mol. The first-order chi connectivity index (χ1) is 28.2. The zero-order valence-electron chi connectivity index (χ0n) is 33.5. The van der Waals surface area contributed by atoms with E-state index < -0.39 is 64.7 Å². The van der Waals surface area contributed by atoms with Crippen LogP contribution in [0, 0.1) is 11.8 Å². The summed E-state index contributed by atoms with van der Waals surface area (Å²) in [6, 6.07) is 13.8. The lowest BCUT2D eigenvalue weighted by Gasteiger charge is -2.13. The van der Waals surface area contributed by atoms with Crippen LogP contribution in [0.5, 0.6) is 11.5 Å². The second kappa shape index (κ2) is 23.3. The maximum Gasteiger partial charge on any atom is 0.309 e. The van der Waals surface area contributed by atoms with Gasteiger partial charge in [-0.15, -0.1) is 11.8 Å². The zero-order chi connectivity index (χ0) is 44.6. The van der Waals surface area contributed by atoms with Gasteiger partial charge >= 0.3 is 11.9 Å². The molecule has 2 aromatic carbocycles. The van der Waals surface area contributed by atoms with Crippen molar-refractivity contribution in [2.45, 2.75) is 61.8 Å². The first-order valence-electron chi connectivity index (χ1n) is 18.0. The van der Waals surface area contributed by atoms with E-state index in [1.54, 1.807) is 54.8 Å². The van der Waals surface area contributed by atoms with Crippen LogP contribution in [-0.4, -0.2) is 89.9 Å². The molecule has 4 aromatic rings. The first-order valence-corrected chi connectivity index (χ1v) is 22.8. The highest BCUT2D eigenvalue weighted by atomic mass is 32.2. The van der Waals surface area contributed by atoms with Gasteiger partial charge in [-0.1, -0.05) is 74.6 Å². The van der Waals surface area contributed by atoms with Crippen molar-refractivity contribution in [2.75, 3.05) is 47.0 Å². The number of benzene rings is 2. The summed E-state index contributed by atoms with van der Waals surface area (Å²) in [4.78, 5) is 78.8. The van der Waals surface area contributed by atoms with Crippen molar-refractivity contribution in [1.29, 1.82) is 0 Å². The molecule has 60 heavy (non-hydrogen) atoms. The molecule has 0 radical (unpaired) electrons. The summed E-state index contributed by atoms with van der Waals surface area (Å²) in [5, 5.41) is 28.2. The number of hydrogen-bond donors (Lipinski definition) is 6. The molecule has 0 bridgehead atoms. The van der Waals surface area contributed by atoms with E-state index in [1.807, 2.05) is 27.7 Å². The summed E-state index contributed by atoms with van der Waals surface area (Å²) in [5.74, 6) is -2.99. The fourth-order valence-electron chi connectivity index (χ4n) is 4.65. The van der Waals surface area contributed by atoms with E-state index >= 15 is 0 Å². The normalized spacial score (nSPS) is 10.9. The Morgan fingerprint density at radius 1 is 0.667 bits per heavy atom. The number of anilines is 4. The van der Waals surface area contributed by atoms with Crippen LogP contribution in [0.2, 0.25) is 0 Å². The Hall–Kier alpha value is -5.58. The fraction of sp³-hybridized carbons (Fsp3) is 0.368. The number of nitrogens with one attached hydrogen (secondary N) is 4. The topological polar surface area (TPSA) is 269 Å². The predicted molar refractivity (Wildman–Crippen MR) is 229 cm³/mol. The van der Waals surface area contributed by atoms with Crippen LogP contribution < -0.4 is 30.7 Å². The number of sulfone groups is 1. The van der Waals surface area contributed by atoms with Gasteiger partial charge in [0, 0.05) is 6.26 Å². The molecule has 0 saturated heterocycles. The van der Waals surface area contributed by atoms with Crippen molar-refractivity contribution in [1.82, 2.24) is 9.97 Å².